The van der Waals surface area contributed by atoms with Crippen LogP contribution in [0.3, 0.4) is 0 Å². The van der Waals surface area contributed by atoms with Crippen LogP contribution in [0.15, 0.2) is 0 Å². The van der Waals surface area contributed by atoms with Crippen molar-refractivity contribution in [2.24, 2.45) is 11.7 Å². The largest absolute Gasteiger partial charge is 0.477 e. The van der Waals surface area contributed by atoms with Crippen molar-refractivity contribution < 1.29 is 54.5 Å². The van der Waals surface area contributed by atoms with Crippen LogP contribution in [0.1, 0.15) is 19.8 Å². The first-order chi connectivity index (χ1) is 12.9. The van der Waals surface area contributed by atoms with Crippen LogP contribution < -0.4 is 11.1 Å². The van der Waals surface area contributed by atoms with Crippen LogP contribution in [0.5, 0.6) is 0 Å². The molecule has 1 heterocycles. The van der Waals surface area contributed by atoms with Crippen molar-refractivity contribution in [3.05, 3.63) is 0 Å². The molecule has 9 N–H and O–H groups in total. The van der Waals surface area contributed by atoms with E-state index in [-0.39, 0.29) is 0 Å². The molecule has 0 bridgehead atoms. The minimum atomic E-state index is -2.79. The van der Waals surface area contributed by atoms with Crippen LogP contribution in [0.2, 0.25) is 0 Å². The van der Waals surface area contributed by atoms with E-state index >= 15 is 0 Å². The lowest BCUT2D eigenvalue weighted by Crippen LogP contribution is -2.61. The van der Waals surface area contributed by atoms with E-state index in [9.17, 15) is 34.8 Å². The maximum Gasteiger partial charge on any atom is 0.364 e. The van der Waals surface area contributed by atoms with Gasteiger partial charge in [0.2, 0.25) is 5.91 Å². The summed E-state index contributed by atoms with van der Waals surface area (Å²) < 4.78 is 9.77. The van der Waals surface area contributed by atoms with E-state index in [4.69, 9.17) is 20.7 Å². The minimum absolute atomic E-state index is 0.477. The average Bonchev–Trinajstić information content (AvgIpc) is 2.57. The molecular formula is C15H26N2O11. The van der Waals surface area contributed by atoms with Crippen LogP contribution in [0.4, 0.5) is 0 Å². The third-order valence-corrected chi connectivity index (χ3v) is 4.18. The molecule has 0 aromatic heterocycles. The van der Waals surface area contributed by atoms with E-state index in [0.29, 0.717) is 0 Å². The molecule has 0 unspecified atom stereocenters. The van der Waals surface area contributed by atoms with E-state index < -0.39 is 86.2 Å². The molecule has 1 saturated heterocycles. The molecule has 1 aliphatic heterocycles. The Morgan fingerprint density at radius 3 is 2.46 bits per heavy atom. The van der Waals surface area contributed by atoms with Gasteiger partial charge in [0.1, 0.15) is 18.9 Å². The number of hydrogen-bond acceptors (Lipinski definition) is 11. The standard InChI is InChI=1S/C15H26N2O11/c1-6(19)17-12(22)11-9(21)3-15(26,14(24)25)28-10(11)2-7(20)5-27-13(23)8(16)4-18/h7-12,18,20-22,26H,2-5,16H2,1H3,(H,17,19)(H,24,25)/t7-,8+,9-,10-,11-,12-,15-/m0/s1. The third-order valence-electron chi connectivity index (χ3n) is 4.18. The number of nitrogens with two attached hydrogens (primary N) is 1. The SMILES string of the molecule is CC(=O)N[C@@H](O)[C@@H]1[C@H](C[C@H](O)COC(=O)[C@H](N)CO)O[C@](O)(C(=O)O)C[C@@H]1O. The number of amides is 1. The van der Waals surface area contributed by atoms with E-state index in [1.165, 1.54) is 0 Å². The number of carbonyl (C=O) groups is 3. The summed E-state index contributed by atoms with van der Waals surface area (Å²) in [5, 5.41) is 60.4. The number of aliphatic hydroxyl groups excluding tert-OH is 4. The van der Waals surface area contributed by atoms with E-state index in [1.807, 2.05) is 0 Å². The number of rotatable bonds is 9. The van der Waals surface area contributed by atoms with Gasteiger partial charge in [0.05, 0.1) is 30.8 Å². The zero-order valence-corrected chi connectivity index (χ0v) is 15.1. The van der Waals surface area contributed by atoms with Crippen LogP contribution in [-0.2, 0) is 23.9 Å². The number of esters is 1. The van der Waals surface area contributed by atoms with Crippen molar-refractivity contribution in [2.75, 3.05) is 13.2 Å². The fourth-order valence-corrected chi connectivity index (χ4v) is 2.80. The number of aliphatic hydroxyl groups is 5. The Hall–Kier alpha value is -1.87. The van der Waals surface area contributed by atoms with E-state index in [0.717, 1.165) is 6.92 Å². The number of aliphatic carboxylic acids is 1. The van der Waals surface area contributed by atoms with E-state index in [1.54, 1.807) is 0 Å². The Bertz CT molecular complexity index is 574. The van der Waals surface area contributed by atoms with Gasteiger partial charge in [-0.3, -0.25) is 9.59 Å². The number of nitrogens with one attached hydrogen (secondary N) is 1. The summed E-state index contributed by atoms with van der Waals surface area (Å²) in [6, 6.07) is -1.31. The molecule has 1 aliphatic rings. The summed E-state index contributed by atoms with van der Waals surface area (Å²) in [6.07, 6.45) is -7.46. The van der Waals surface area contributed by atoms with Gasteiger partial charge in [-0.2, -0.15) is 0 Å². The van der Waals surface area contributed by atoms with Gasteiger partial charge in [-0.15, -0.1) is 0 Å². The van der Waals surface area contributed by atoms with Crippen LogP contribution in [0, 0.1) is 5.92 Å². The summed E-state index contributed by atoms with van der Waals surface area (Å²) in [5.74, 6) is -7.52. The summed E-state index contributed by atoms with van der Waals surface area (Å²) in [6.45, 7) is -0.193. The van der Waals surface area contributed by atoms with Crippen molar-refractivity contribution in [1.82, 2.24) is 5.32 Å². The molecule has 0 radical (unpaired) electrons. The number of ether oxygens (including phenoxy) is 2. The number of carbonyl (C=O) groups excluding carboxylic acids is 2. The van der Waals surface area contributed by atoms with Gasteiger partial charge in [0.25, 0.3) is 5.79 Å². The molecule has 0 aromatic rings. The molecule has 13 nitrogen and oxygen atoms in total. The maximum atomic E-state index is 11.4. The lowest BCUT2D eigenvalue weighted by molar-refractivity contribution is -0.297. The summed E-state index contributed by atoms with van der Waals surface area (Å²) in [5.41, 5.74) is 5.25. The highest BCUT2D eigenvalue weighted by molar-refractivity contribution is 5.76. The van der Waals surface area contributed by atoms with Crippen LogP contribution >= 0.6 is 0 Å². The smallest absolute Gasteiger partial charge is 0.364 e. The molecule has 0 aromatic carbocycles. The second-order valence-corrected chi connectivity index (χ2v) is 6.55. The molecule has 1 amide bonds. The van der Waals surface area contributed by atoms with Gasteiger partial charge in [-0.1, -0.05) is 0 Å². The van der Waals surface area contributed by atoms with E-state index in [2.05, 4.69) is 10.1 Å². The molecule has 0 aliphatic carbocycles. The second-order valence-electron chi connectivity index (χ2n) is 6.55. The molecule has 1 fully saturated rings. The van der Waals surface area contributed by atoms with Crippen molar-refractivity contribution in [2.45, 2.75) is 56.1 Å². The van der Waals surface area contributed by atoms with Gasteiger partial charge < -0.3 is 51.2 Å². The van der Waals surface area contributed by atoms with Gasteiger partial charge in [-0.25, -0.2) is 4.79 Å². The zero-order valence-electron chi connectivity index (χ0n) is 15.1. The molecule has 0 spiro atoms. The highest BCUT2D eigenvalue weighted by Crippen LogP contribution is 2.35. The molecule has 7 atom stereocenters. The maximum absolute atomic E-state index is 11.4. The van der Waals surface area contributed by atoms with Crippen molar-refractivity contribution >= 4 is 17.8 Å². The third kappa shape index (κ3) is 6.34. The van der Waals surface area contributed by atoms with Crippen molar-refractivity contribution in [3.8, 4) is 0 Å². The summed E-state index contributed by atoms with van der Waals surface area (Å²) in [7, 11) is 0. The van der Waals surface area contributed by atoms with Crippen LogP contribution in [0.25, 0.3) is 0 Å². The zero-order chi connectivity index (χ0) is 21.6. The Labute approximate surface area is 159 Å². The normalized spacial score (nSPS) is 30.8. The quantitative estimate of drug-likeness (QED) is 0.133. The summed E-state index contributed by atoms with van der Waals surface area (Å²) >= 11 is 0. The van der Waals surface area contributed by atoms with Gasteiger partial charge >= 0.3 is 11.9 Å². The van der Waals surface area contributed by atoms with Gasteiger partial charge in [0.15, 0.2) is 0 Å². The highest BCUT2D eigenvalue weighted by Gasteiger charge is 2.53. The Kier molecular flexibility index (Phi) is 8.69. The predicted molar refractivity (Wildman–Crippen MR) is 88.0 cm³/mol. The fourth-order valence-electron chi connectivity index (χ4n) is 2.80. The number of hydrogen-bond donors (Lipinski definition) is 8. The van der Waals surface area contributed by atoms with Crippen molar-refractivity contribution in [1.29, 1.82) is 0 Å². The average molecular weight is 410 g/mol. The van der Waals surface area contributed by atoms with Crippen LogP contribution in [-0.4, -0.2) is 98.1 Å². The predicted octanol–water partition coefficient (Wildman–Crippen LogP) is -4.41. The lowest BCUT2D eigenvalue weighted by atomic mass is 9.83. The first-order valence-electron chi connectivity index (χ1n) is 8.39. The second kappa shape index (κ2) is 10.1. The fraction of sp³-hybridized carbons (Fsp3) is 0.800. The highest BCUT2D eigenvalue weighted by atomic mass is 16.7. The molecular weight excluding hydrogens is 384 g/mol. The van der Waals surface area contributed by atoms with Crippen molar-refractivity contribution in [3.63, 3.8) is 0 Å². The Morgan fingerprint density at radius 1 is 1.36 bits per heavy atom. The molecule has 162 valence electrons. The van der Waals surface area contributed by atoms with Gasteiger partial charge in [0, 0.05) is 19.8 Å². The molecule has 13 heteroatoms. The molecule has 0 saturated carbocycles. The molecule has 1 rings (SSSR count). The summed E-state index contributed by atoms with van der Waals surface area (Å²) in [4.78, 5) is 33.8. The minimum Gasteiger partial charge on any atom is -0.477 e. The Morgan fingerprint density at radius 2 is 1.96 bits per heavy atom. The lowest BCUT2D eigenvalue weighted by Gasteiger charge is -2.44. The Balaban J connectivity index is 2.90. The number of carboxylic acid groups (broad SMARTS) is 1. The monoisotopic (exact) mass is 410 g/mol. The molecule has 28 heavy (non-hydrogen) atoms. The first kappa shape index (κ1) is 24.2. The topological polar surface area (TPSA) is 229 Å². The number of carboxylic acids is 1. The first-order valence-corrected chi connectivity index (χ1v) is 8.39. The van der Waals surface area contributed by atoms with Gasteiger partial charge in [-0.05, 0) is 0 Å².